The number of hydrogen-bond acceptors (Lipinski definition) is 5. The smallest absolute Gasteiger partial charge is 0.231 e. The van der Waals surface area contributed by atoms with Crippen LogP contribution in [0, 0.1) is 0 Å². The Labute approximate surface area is 133 Å². The molecule has 2 N–H and O–H groups in total. The molecular weight excluding hydrogens is 294 g/mol. The van der Waals surface area contributed by atoms with Crippen molar-refractivity contribution in [3.63, 3.8) is 0 Å². The molecular formula is C18H17NO4. The van der Waals surface area contributed by atoms with E-state index in [2.05, 4.69) is 5.32 Å². The van der Waals surface area contributed by atoms with Gasteiger partial charge in [-0.15, -0.1) is 0 Å². The van der Waals surface area contributed by atoms with Crippen molar-refractivity contribution in [1.29, 1.82) is 0 Å². The number of rotatable bonds is 1. The number of hydrogen-bond donors (Lipinski definition) is 2. The standard InChI is InChI=1S/C18H17NO4/c1-21-15-5-9-2-3-19-12-4-10-6-13-14(23-8-22-13)7-11(10)17(16(9)12)18(15)20/h5-7,12,19-20H,2-4,8H2,1H3. The van der Waals surface area contributed by atoms with Crippen LogP contribution in [0.25, 0.3) is 11.1 Å². The zero-order chi connectivity index (χ0) is 15.6. The minimum Gasteiger partial charge on any atom is -0.504 e. The maximum Gasteiger partial charge on any atom is 0.231 e. The van der Waals surface area contributed by atoms with E-state index in [0.29, 0.717) is 5.75 Å². The molecule has 0 aromatic heterocycles. The van der Waals surface area contributed by atoms with E-state index < -0.39 is 0 Å². The average molecular weight is 311 g/mol. The molecule has 0 amide bonds. The monoisotopic (exact) mass is 311 g/mol. The Hall–Kier alpha value is -2.40. The van der Waals surface area contributed by atoms with Crippen LogP contribution in [-0.2, 0) is 12.8 Å². The zero-order valence-corrected chi connectivity index (χ0v) is 12.8. The van der Waals surface area contributed by atoms with Gasteiger partial charge in [-0.3, -0.25) is 0 Å². The summed E-state index contributed by atoms with van der Waals surface area (Å²) < 4.78 is 16.4. The van der Waals surface area contributed by atoms with Crippen LogP contribution in [0.2, 0.25) is 0 Å². The summed E-state index contributed by atoms with van der Waals surface area (Å²) in [5.41, 5.74) is 5.50. The third kappa shape index (κ3) is 1.71. The Morgan fingerprint density at radius 1 is 1.17 bits per heavy atom. The van der Waals surface area contributed by atoms with Gasteiger partial charge in [0.1, 0.15) is 0 Å². The molecule has 0 saturated carbocycles. The Balaban J connectivity index is 1.83. The summed E-state index contributed by atoms with van der Waals surface area (Å²) in [5, 5.41) is 14.3. The lowest BCUT2D eigenvalue weighted by Crippen LogP contribution is -2.33. The predicted molar refractivity (Wildman–Crippen MR) is 84.4 cm³/mol. The molecule has 0 radical (unpaired) electrons. The molecule has 2 aromatic rings. The van der Waals surface area contributed by atoms with Gasteiger partial charge in [-0.1, -0.05) is 0 Å². The van der Waals surface area contributed by atoms with Crippen molar-refractivity contribution in [3.8, 4) is 34.1 Å². The number of phenolic OH excluding ortho intramolecular Hbond substituents is 1. The molecule has 118 valence electrons. The van der Waals surface area contributed by atoms with E-state index in [-0.39, 0.29) is 18.6 Å². The number of methoxy groups -OCH3 is 1. The highest BCUT2D eigenvalue weighted by atomic mass is 16.7. The van der Waals surface area contributed by atoms with Gasteiger partial charge in [0.05, 0.1) is 7.11 Å². The van der Waals surface area contributed by atoms with Gasteiger partial charge in [-0.05, 0) is 59.8 Å². The largest absolute Gasteiger partial charge is 0.504 e. The third-order valence-electron chi connectivity index (χ3n) is 5.04. The molecule has 2 aliphatic heterocycles. The second-order valence-electron chi connectivity index (χ2n) is 6.20. The minimum atomic E-state index is 0.208. The lowest BCUT2D eigenvalue weighted by atomic mass is 9.77. The van der Waals surface area contributed by atoms with E-state index in [1.165, 1.54) is 11.1 Å². The Morgan fingerprint density at radius 3 is 2.83 bits per heavy atom. The number of aromatic hydroxyl groups is 1. The van der Waals surface area contributed by atoms with Crippen molar-refractivity contribution in [2.24, 2.45) is 0 Å². The van der Waals surface area contributed by atoms with Crippen LogP contribution in [0.15, 0.2) is 18.2 Å². The van der Waals surface area contributed by atoms with Crippen LogP contribution in [0.1, 0.15) is 22.7 Å². The van der Waals surface area contributed by atoms with Gasteiger partial charge >= 0.3 is 0 Å². The lowest BCUT2D eigenvalue weighted by Gasteiger charge is -2.35. The maximum atomic E-state index is 10.8. The van der Waals surface area contributed by atoms with Gasteiger partial charge in [0.2, 0.25) is 6.79 Å². The van der Waals surface area contributed by atoms with Gasteiger partial charge in [0.25, 0.3) is 0 Å². The van der Waals surface area contributed by atoms with Crippen LogP contribution >= 0.6 is 0 Å². The second-order valence-corrected chi connectivity index (χ2v) is 6.20. The fraction of sp³-hybridized carbons (Fsp3) is 0.333. The molecule has 0 saturated heterocycles. The summed E-state index contributed by atoms with van der Waals surface area (Å²) in [4.78, 5) is 0. The van der Waals surface area contributed by atoms with Gasteiger partial charge in [0.15, 0.2) is 23.0 Å². The summed E-state index contributed by atoms with van der Waals surface area (Å²) in [6, 6.07) is 6.21. The van der Waals surface area contributed by atoms with Crippen molar-refractivity contribution in [2.45, 2.75) is 18.9 Å². The Morgan fingerprint density at radius 2 is 2.00 bits per heavy atom. The van der Waals surface area contributed by atoms with E-state index in [4.69, 9.17) is 14.2 Å². The lowest BCUT2D eigenvalue weighted by molar-refractivity contribution is 0.174. The normalized spacial score (nSPS) is 20.0. The van der Waals surface area contributed by atoms with Crippen molar-refractivity contribution < 1.29 is 19.3 Å². The number of benzene rings is 2. The SMILES string of the molecule is COc1cc2c3c(c1O)-c1cc4c(cc1CC3NCC2)OCO4. The first-order chi connectivity index (χ1) is 11.3. The molecule has 23 heavy (non-hydrogen) atoms. The number of fused-ring (bicyclic) bond motifs is 3. The molecule has 2 heterocycles. The molecule has 1 aliphatic carbocycles. The van der Waals surface area contributed by atoms with Crippen LogP contribution in [0.3, 0.4) is 0 Å². The van der Waals surface area contributed by atoms with E-state index in [9.17, 15) is 5.11 Å². The van der Waals surface area contributed by atoms with Gasteiger partial charge in [-0.25, -0.2) is 0 Å². The first-order valence-corrected chi connectivity index (χ1v) is 7.85. The van der Waals surface area contributed by atoms with Crippen molar-refractivity contribution >= 4 is 0 Å². The van der Waals surface area contributed by atoms with Crippen LogP contribution in [0.4, 0.5) is 0 Å². The molecule has 0 fully saturated rings. The Kier molecular flexibility index (Phi) is 2.59. The summed E-state index contributed by atoms with van der Waals surface area (Å²) in [6.07, 6.45) is 1.83. The van der Waals surface area contributed by atoms with Gasteiger partial charge in [-0.2, -0.15) is 0 Å². The third-order valence-corrected chi connectivity index (χ3v) is 5.04. The number of nitrogens with one attached hydrogen (secondary N) is 1. The molecule has 5 nitrogen and oxygen atoms in total. The molecule has 2 aromatic carbocycles. The second kappa shape index (κ2) is 4.55. The molecule has 1 unspecified atom stereocenters. The van der Waals surface area contributed by atoms with Crippen LogP contribution < -0.4 is 19.5 Å². The van der Waals surface area contributed by atoms with E-state index in [0.717, 1.165) is 47.6 Å². The summed E-state index contributed by atoms with van der Waals surface area (Å²) in [6.45, 7) is 1.19. The summed E-state index contributed by atoms with van der Waals surface area (Å²) in [7, 11) is 1.59. The highest BCUT2D eigenvalue weighted by Crippen LogP contribution is 2.52. The summed E-state index contributed by atoms with van der Waals surface area (Å²) in [5.74, 6) is 2.26. The van der Waals surface area contributed by atoms with Gasteiger partial charge in [0, 0.05) is 11.6 Å². The molecule has 3 aliphatic rings. The minimum absolute atomic E-state index is 0.208. The zero-order valence-electron chi connectivity index (χ0n) is 12.8. The van der Waals surface area contributed by atoms with Crippen LogP contribution in [-0.4, -0.2) is 25.6 Å². The van der Waals surface area contributed by atoms with E-state index >= 15 is 0 Å². The van der Waals surface area contributed by atoms with Crippen molar-refractivity contribution in [1.82, 2.24) is 5.32 Å². The first kappa shape index (κ1) is 13.1. The van der Waals surface area contributed by atoms with E-state index in [1.54, 1.807) is 7.11 Å². The van der Waals surface area contributed by atoms with Crippen LogP contribution in [0.5, 0.6) is 23.0 Å². The fourth-order valence-corrected chi connectivity index (χ4v) is 4.01. The number of phenols is 1. The quantitative estimate of drug-likeness (QED) is 0.847. The highest BCUT2D eigenvalue weighted by Gasteiger charge is 2.34. The predicted octanol–water partition coefficient (Wildman–Crippen LogP) is 2.54. The molecule has 0 bridgehead atoms. The molecule has 5 rings (SSSR count). The first-order valence-electron chi connectivity index (χ1n) is 7.85. The average Bonchev–Trinajstić information content (AvgIpc) is 3.02. The molecule has 5 heteroatoms. The molecule has 1 atom stereocenters. The fourth-order valence-electron chi connectivity index (χ4n) is 4.01. The van der Waals surface area contributed by atoms with E-state index in [1.807, 2.05) is 18.2 Å². The maximum absolute atomic E-state index is 10.8. The van der Waals surface area contributed by atoms with Crippen molar-refractivity contribution in [3.05, 3.63) is 34.9 Å². The molecule has 0 spiro atoms. The number of ether oxygens (including phenoxy) is 3. The topological polar surface area (TPSA) is 60.0 Å². The Bertz CT molecular complexity index is 831. The van der Waals surface area contributed by atoms with Gasteiger partial charge < -0.3 is 24.6 Å². The summed E-state index contributed by atoms with van der Waals surface area (Å²) >= 11 is 0. The highest BCUT2D eigenvalue weighted by molar-refractivity contribution is 5.84. The van der Waals surface area contributed by atoms with Crippen molar-refractivity contribution in [2.75, 3.05) is 20.4 Å².